The minimum atomic E-state index is -3.87. The molecule has 10 heteroatoms. The number of sulfone groups is 1. The summed E-state index contributed by atoms with van der Waals surface area (Å²) in [5.41, 5.74) is -0.0424. The van der Waals surface area contributed by atoms with Gasteiger partial charge in [0.15, 0.2) is 15.6 Å². The van der Waals surface area contributed by atoms with Crippen LogP contribution in [0.4, 0.5) is 10.5 Å². The molecule has 0 saturated heterocycles. The largest absolute Gasteiger partial charge is 0.504 e. The highest BCUT2D eigenvalue weighted by Crippen LogP contribution is 2.43. The fraction of sp³-hybridized carbons (Fsp3) is 0.500. The van der Waals surface area contributed by atoms with Crippen LogP contribution in [0.15, 0.2) is 28.1 Å². The number of urea groups is 1. The number of carbonyl (C=O) groups excluding carboxylic acids is 1. The lowest BCUT2D eigenvalue weighted by molar-refractivity contribution is 0.0122. The number of hydrogen-bond donors (Lipinski definition) is 3. The summed E-state index contributed by atoms with van der Waals surface area (Å²) in [4.78, 5) is 11.8. The molecular weight excluding hydrogens is 427 g/mol. The Bertz CT molecular complexity index is 897. The van der Waals surface area contributed by atoms with Gasteiger partial charge in [0.25, 0.3) is 0 Å². The quantitative estimate of drug-likeness (QED) is 0.574. The molecule has 0 radical (unpaired) electrons. The minimum absolute atomic E-state index is 0.0424. The Morgan fingerprint density at radius 2 is 2.04 bits per heavy atom. The molecule has 3 rings (SSSR count). The van der Waals surface area contributed by atoms with Gasteiger partial charge in [-0.15, -0.1) is 0 Å². The number of halogens is 2. The molecule has 1 saturated carbocycles. The number of carbonyl (C=O) groups is 1. The SMILES string of the molecule is CCOC1CC(S(=O)(=O)c2c(Cl)ccc(NC(=O)NC3CCC=C3Cl)c2O)C1. The van der Waals surface area contributed by atoms with Crippen LogP contribution >= 0.6 is 23.2 Å². The Morgan fingerprint density at radius 1 is 1.32 bits per heavy atom. The van der Waals surface area contributed by atoms with Crippen LogP contribution in [0.3, 0.4) is 0 Å². The van der Waals surface area contributed by atoms with Crippen LogP contribution in [0.5, 0.6) is 5.75 Å². The van der Waals surface area contributed by atoms with E-state index >= 15 is 0 Å². The number of ether oxygens (including phenoxy) is 1. The molecule has 7 nitrogen and oxygen atoms in total. The van der Waals surface area contributed by atoms with Gasteiger partial charge in [-0.05, 0) is 44.7 Å². The molecule has 28 heavy (non-hydrogen) atoms. The lowest BCUT2D eigenvalue weighted by Gasteiger charge is -2.34. The van der Waals surface area contributed by atoms with Crippen LogP contribution in [-0.4, -0.2) is 43.6 Å². The standard InChI is InChI=1S/C18H22Cl2N2O5S/c1-2-27-10-8-11(9-10)28(25,26)17-13(20)6-7-15(16(17)23)22-18(24)21-14-5-3-4-12(14)19/h4,6-7,10-11,14,23H,2-3,5,8-9H2,1H3,(H2,21,22,24). The molecule has 2 aliphatic carbocycles. The molecule has 0 spiro atoms. The van der Waals surface area contributed by atoms with Crippen molar-refractivity contribution in [3.8, 4) is 5.75 Å². The van der Waals surface area contributed by atoms with E-state index in [9.17, 15) is 18.3 Å². The van der Waals surface area contributed by atoms with Crippen LogP contribution < -0.4 is 10.6 Å². The van der Waals surface area contributed by atoms with Gasteiger partial charge in [-0.25, -0.2) is 13.2 Å². The summed E-state index contributed by atoms with van der Waals surface area (Å²) in [6.07, 6.45) is 3.85. The first-order valence-corrected chi connectivity index (χ1v) is 11.3. The maximum absolute atomic E-state index is 12.9. The summed E-state index contributed by atoms with van der Waals surface area (Å²) < 4.78 is 31.2. The van der Waals surface area contributed by atoms with Crippen molar-refractivity contribution in [2.45, 2.75) is 54.9 Å². The zero-order valence-electron chi connectivity index (χ0n) is 15.2. The van der Waals surface area contributed by atoms with Gasteiger partial charge in [-0.3, -0.25) is 0 Å². The number of nitrogens with one attached hydrogen (secondary N) is 2. The van der Waals surface area contributed by atoms with Gasteiger partial charge < -0.3 is 20.5 Å². The van der Waals surface area contributed by atoms with Crippen molar-refractivity contribution in [3.05, 3.63) is 28.3 Å². The third kappa shape index (κ3) is 4.25. The van der Waals surface area contributed by atoms with Crippen LogP contribution in [0.25, 0.3) is 0 Å². The van der Waals surface area contributed by atoms with Crippen LogP contribution in [0, 0.1) is 0 Å². The number of benzene rings is 1. The van der Waals surface area contributed by atoms with Crippen molar-refractivity contribution in [1.82, 2.24) is 5.32 Å². The van der Waals surface area contributed by atoms with E-state index in [1.54, 1.807) is 0 Å². The summed E-state index contributed by atoms with van der Waals surface area (Å²) in [6.45, 7) is 2.36. The van der Waals surface area contributed by atoms with Crippen molar-refractivity contribution >= 4 is 44.8 Å². The van der Waals surface area contributed by atoms with E-state index in [-0.39, 0.29) is 27.8 Å². The van der Waals surface area contributed by atoms with Gasteiger partial charge in [0.05, 0.1) is 28.1 Å². The summed E-state index contributed by atoms with van der Waals surface area (Å²) in [6, 6.07) is 1.79. The van der Waals surface area contributed by atoms with E-state index in [4.69, 9.17) is 27.9 Å². The zero-order valence-corrected chi connectivity index (χ0v) is 17.6. The Kier molecular flexibility index (Phi) is 6.44. The lowest BCUT2D eigenvalue weighted by Crippen LogP contribution is -2.41. The first-order chi connectivity index (χ1) is 13.2. The molecule has 0 heterocycles. The van der Waals surface area contributed by atoms with E-state index < -0.39 is 26.9 Å². The van der Waals surface area contributed by atoms with E-state index in [0.29, 0.717) is 30.9 Å². The molecular formula is C18H22Cl2N2O5S. The van der Waals surface area contributed by atoms with E-state index in [2.05, 4.69) is 10.6 Å². The molecule has 0 aliphatic heterocycles. The molecule has 1 fully saturated rings. The molecule has 1 aromatic carbocycles. The number of hydrogen-bond acceptors (Lipinski definition) is 5. The summed E-state index contributed by atoms with van der Waals surface area (Å²) in [5, 5.41) is 15.5. The average molecular weight is 449 g/mol. The highest BCUT2D eigenvalue weighted by atomic mass is 35.5. The maximum atomic E-state index is 12.9. The number of allylic oxidation sites excluding steroid dienone is 1. The van der Waals surface area contributed by atoms with Crippen LogP contribution in [0.1, 0.15) is 32.6 Å². The monoisotopic (exact) mass is 448 g/mol. The number of rotatable bonds is 6. The molecule has 1 aromatic rings. The second kappa shape index (κ2) is 8.49. The van der Waals surface area contributed by atoms with Crippen molar-refractivity contribution in [2.75, 3.05) is 11.9 Å². The van der Waals surface area contributed by atoms with Crippen molar-refractivity contribution in [2.24, 2.45) is 0 Å². The topological polar surface area (TPSA) is 105 Å². The predicted octanol–water partition coefficient (Wildman–Crippen LogP) is 3.79. The van der Waals surface area contributed by atoms with E-state index in [1.165, 1.54) is 12.1 Å². The number of phenolic OH excluding ortho intramolecular Hbond substituents is 1. The highest BCUT2D eigenvalue weighted by molar-refractivity contribution is 7.92. The molecule has 2 amide bonds. The summed E-state index contributed by atoms with van der Waals surface area (Å²) in [5.74, 6) is -0.574. The Hall–Kier alpha value is -1.48. The average Bonchev–Trinajstić information content (AvgIpc) is 2.97. The Morgan fingerprint density at radius 3 is 2.64 bits per heavy atom. The Labute approximate surface area is 174 Å². The van der Waals surface area contributed by atoms with Gasteiger partial charge in [0.2, 0.25) is 0 Å². The number of amides is 2. The smallest absolute Gasteiger partial charge is 0.319 e. The predicted molar refractivity (Wildman–Crippen MR) is 108 cm³/mol. The van der Waals surface area contributed by atoms with Gasteiger partial charge in [0.1, 0.15) is 4.90 Å². The maximum Gasteiger partial charge on any atom is 0.319 e. The van der Waals surface area contributed by atoms with Gasteiger partial charge in [-0.1, -0.05) is 29.3 Å². The third-order valence-electron chi connectivity index (χ3n) is 4.94. The van der Waals surface area contributed by atoms with E-state index in [1.807, 2.05) is 13.0 Å². The molecule has 3 N–H and O–H groups in total. The molecule has 0 bridgehead atoms. The third-order valence-corrected chi connectivity index (χ3v) is 8.03. The summed E-state index contributed by atoms with van der Waals surface area (Å²) >= 11 is 12.1. The number of anilines is 1. The van der Waals surface area contributed by atoms with Crippen molar-refractivity contribution in [3.63, 3.8) is 0 Å². The van der Waals surface area contributed by atoms with Gasteiger partial charge >= 0.3 is 6.03 Å². The lowest BCUT2D eigenvalue weighted by atomic mass is 9.95. The molecule has 154 valence electrons. The van der Waals surface area contributed by atoms with Crippen LogP contribution in [-0.2, 0) is 14.6 Å². The number of phenols is 1. The first kappa shape index (κ1) is 21.2. The highest BCUT2D eigenvalue weighted by Gasteiger charge is 2.42. The molecule has 0 aromatic heterocycles. The van der Waals surface area contributed by atoms with Gasteiger partial charge in [-0.2, -0.15) is 0 Å². The first-order valence-electron chi connectivity index (χ1n) is 9.04. The fourth-order valence-corrected chi connectivity index (χ4v) is 6.09. The normalized spacial score (nSPS) is 24.4. The van der Waals surface area contributed by atoms with E-state index in [0.717, 1.165) is 6.42 Å². The molecule has 1 unspecified atom stereocenters. The fourth-order valence-electron chi connectivity index (χ4n) is 3.35. The Balaban J connectivity index is 1.76. The second-order valence-electron chi connectivity index (χ2n) is 6.81. The van der Waals surface area contributed by atoms with Crippen molar-refractivity contribution < 1.29 is 23.1 Å². The number of aromatic hydroxyl groups is 1. The zero-order chi connectivity index (χ0) is 20.5. The van der Waals surface area contributed by atoms with Crippen LogP contribution in [0.2, 0.25) is 5.02 Å². The van der Waals surface area contributed by atoms with Crippen molar-refractivity contribution in [1.29, 1.82) is 0 Å². The minimum Gasteiger partial charge on any atom is -0.504 e. The second-order valence-corrected chi connectivity index (χ2v) is 9.81. The molecule has 1 atom stereocenters. The molecule has 2 aliphatic rings. The summed E-state index contributed by atoms with van der Waals surface area (Å²) in [7, 11) is -3.87. The van der Waals surface area contributed by atoms with Gasteiger partial charge in [0, 0.05) is 11.6 Å².